The number of morpholine rings is 1. The number of benzene rings is 1. The number of rotatable bonds is 6. The molecule has 2 unspecified atom stereocenters. The maximum absolute atomic E-state index is 12.0. The zero-order valence-electron chi connectivity index (χ0n) is 22.1. The lowest BCUT2D eigenvalue weighted by atomic mass is 9.89. The van der Waals surface area contributed by atoms with Crippen LogP contribution in [0.15, 0.2) is 42.6 Å². The molecule has 3 aliphatic rings. The molecular formula is C27H32N8O3S. The summed E-state index contributed by atoms with van der Waals surface area (Å²) in [5, 5.41) is 4.84. The predicted octanol–water partition coefficient (Wildman–Crippen LogP) is 2.17. The average molecular weight is 549 g/mol. The van der Waals surface area contributed by atoms with E-state index in [-0.39, 0.29) is 12.1 Å². The minimum Gasteiger partial charge on any atom is -0.378 e. The van der Waals surface area contributed by atoms with E-state index in [0.717, 1.165) is 47.8 Å². The number of anilines is 1. The number of sulfonamides is 1. The van der Waals surface area contributed by atoms with E-state index < -0.39 is 10.0 Å². The van der Waals surface area contributed by atoms with Gasteiger partial charge in [-0.15, -0.1) is 0 Å². The summed E-state index contributed by atoms with van der Waals surface area (Å²) in [7, 11) is -3.16. The van der Waals surface area contributed by atoms with Gasteiger partial charge in [-0.3, -0.25) is 4.90 Å². The highest BCUT2D eigenvalue weighted by molar-refractivity contribution is 7.88. The van der Waals surface area contributed by atoms with Gasteiger partial charge < -0.3 is 14.6 Å². The summed E-state index contributed by atoms with van der Waals surface area (Å²) < 4.78 is 33.1. The number of pyridine rings is 1. The number of piperidine rings is 1. The Morgan fingerprint density at radius 3 is 2.62 bits per heavy atom. The van der Waals surface area contributed by atoms with Gasteiger partial charge in [0.25, 0.3) is 0 Å². The zero-order valence-corrected chi connectivity index (χ0v) is 22.9. The molecule has 0 radical (unpaired) electrons. The minimum atomic E-state index is -3.16. The highest BCUT2D eigenvalue weighted by Gasteiger charge is 2.47. The van der Waals surface area contributed by atoms with E-state index in [1.807, 2.05) is 23.0 Å². The topological polar surface area (TPSA) is 112 Å². The molecule has 2 bridgehead atoms. The summed E-state index contributed by atoms with van der Waals surface area (Å²) in [4.78, 5) is 18.0. The van der Waals surface area contributed by atoms with Crippen molar-refractivity contribution in [3.05, 3.63) is 54.0 Å². The number of likely N-dealkylation sites (tertiary alicyclic amines) is 1. The summed E-state index contributed by atoms with van der Waals surface area (Å²) in [6, 6.07) is 12.8. The molecule has 3 fully saturated rings. The summed E-state index contributed by atoms with van der Waals surface area (Å²) in [5.74, 6) is 1.55. The summed E-state index contributed by atoms with van der Waals surface area (Å²) >= 11 is 0. The van der Waals surface area contributed by atoms with Crippen molar-refractivity contribution in [2.45, 2.75) is 32.0 Å². The molecule has 0 saturated carbocycles. The second-order valence-corrected chi connectivity index (χ2v) is 12.8. The van der Waals surface area contributed by atoms with E-state index in [2.05, 4.69) is 46.0 Å². The number of hydrogen-bond acceptors (Lipinski definition) is 8. The Morgan fingerprint density at radius 2 is 1.87 bits per heavy atom. The van der Waals surface area contributed by atoms with Crippen molar-refractivity contribution in [2.24, 2.45) is 0 Å². The molecule has 12 heteroatoms. The Kier molecular flexibility index (Phi) is 5.96. The lowest BCUT2D eigenvalue weighted by Gasteiger charge is -2.55. The SMILES string of the molecule is Cc1cccc(-c2ccn(-c3cc(N4CCOCC4)c4[nH]c(CN5C6CC5CN(S(C)(=O)=O)C6)nc4n3)n2)c1. The van der Waals surface area contributed by atoms with Gasteiger partial charge >= 0.3 is 0 Å². The smallest absolute Gasteiger partial charge is 0.211 e. The zero-order chi connectivity index (χ0) is 26.7. The number of aromatic nitrogens is 5. The first kappa shape index (κ1) is 24.7. The standard InChI is InChI=1S/C27H32N8O3S/c1-18-4-3-5-19(12-18)22-6-7-35(31-22)25-14-23(32-8-10-38-11-9-32)26-27(30-25)29-24(28-26)17-34-20-13-21(34)16-33(15-20)39(2,36)37/h3-7,12,14,20-21H,8-11,13,15-17H2,1-2H3,(H,28,29,30). The van der Waals surface area contributed by atoms with Crippen LogP contribution in [0.2, 0.25) is 0 Å². The third-order valence-corrected chi connectivity index (χ3v) is 9.31. The van der Waals surface area contributed by atoms with Crippen LogP contribution in [0.1, 0.15) is 17.8 Å². The van der Waals surface area contributed by atoms with E-state index in [4.69, 9.17) is 19.8 Å². The van der Waals surface area contributed by atoms with Crippen molar-refractivity contribution < 1.29 is 13.2 Å². The van der Waals surface area contributed by atoms with Gasteiger partial charge in [-0.05, 0) is 25.5 Å². The van der Waals surface area contributed by atoms with E-state index in [1.165, 1.54) is 11.8 Å². The van der Waals surface area contributed by atoms with Gasteiger partial charge in [0.1, 0.15) is 11.3 Å². The molecule has 11 nitrogen and oxygen atoms in total. The quantitative estimate of drug-likeness (QED) is 0.390. The van der Waals surface area contributed by atoms with Crippen LogP contribution in [0.4, 0.5) is 5.69 Å². The molecule has 3 aromatic heterocycles. The van der Waals surface area contributed by atoms with Crippen LogP contribution >= 0.6 is 0 Å². The fourth-order valence-electron chi connectivity index (χ4n) is 6.01. The molecule has 204 valence electrons. The lowest BCUT2D eigenvalue weighted by Crippen LogP contribution is -2.68. The Balaban J connectivity index is 1.21. The van der Waals surface area contributed by atoms with Gasteiger partial charge in [-0.25, -0.2) is 23.1 Å². The first-order valence-corrected chi connectivity index (χ1v) is 15.2. The summed E-state index contributed by atoms with van der Waals surface area (Å²) in [5.41, 5.74) is 5.75. The van der Waals surface area contributed by atoms with Crippen molar-refractivity contribution in [3.8, 4) is 17.1 Å². The molecule has 0 aliphatic carbocycles. The van der Waals surface area contributed by atoms with Crippen LogP contribution < -0.4 is 4.90 Å². The Labute approximate surface area is 227 Å². The molecule has 39 heavy (non-hydrogen) atoms. The molecule has 1 aromatic carbocycles. The highest BCUT2D eigenvalue weighted by atomic mass is 32.2. The Bertz CT molecular complexity index is 1630. The van der Waals surface area contributed by atoms with Crippen LogP contribution in [0.25, 0.3) is 28.2 Å². The van der Waals surface area contributed by atoms with Crippen molar-refractivity contribution in [1.82, 2.24) is 33.9 Å². The summed E-state index contributed by atoms with van der Waals surface area (Å²) in [6.07, 6.45) is 4.26. The minimum absolute atomic E-state index is 0.220. The molecule has 7 rings (SSSR count). The third kappa shape index (κ3) is 4.61. The van der Waals surface area contributed by atoms with Crippen LogP contribution in [0, 0.1) is 6.92 Å². The molecular weight excluding hydrogens is 516 g/mol. The van der Waals surface area contributed by atoms with E-state index in [0.29, 0.717) is 44.3 Å². The normalized spacial score (nSPS) is 22.4. The van der Waals surface area contributed by atoms with E-state index >= 15 is 0 Å². The monoisotopic (exact) mass is 548 g/mol. The number of aryl methyl sites for hydroxylation is 1. The van der Waals surface area contributed by atoms with Crippen LogP contribution in [-0.4, -0.2) is 100 Å². The number of imidazole rings is 1. The fourth-order valence-corrected chi connectivity index (χ4v) is 6.90. The molecule has 6 heterocycles. The van der Waals surface area contributed by atoms with Crippen molar-refractivity contribution in [1.29, 1.82) is 0 Å². The lowest BCUT2D eigenvalue weighted by molar-refractivity contribution is -0.0510. The van der Waals surface area contributed by atoms with Crippen molar-refractivity contribution in [2.75, 3.05) is 50.5 Å². The highest BCUT2D eigenvalue weighted by Crippen LogP contribution is 2.35. The number of ether oxygens (including phenoxy) is 1. The first-order chi connectivity index (χ1) is 18.8. The number of nitrogens with one attached hydrogen (secondary N) is 1. The number of fused-ring (bicyclic) bond motifs is 3. The van der Waals surface area contributed by atoms with Crippen LogP contribution in [-0.2, 0) is 21.3 Å². The van der Waals surface area contributed by atoms with Gasteiger partial charge in [0.05, 0.1) is 37.4 Å². The van der Waals surface area contributed by atoms with Crippen molar-refractivity contribution >= 4 is 26.9 Å². The fraction of sp³-hybridized carbons (Fsp3) is 0.444. The van der Waals surface area contributed by atoms with E-state index in [9.17, 15) is 8.42 Å². The van der Waals surface area contributed by atoms with Crippen LogP contribution in [0.5, 0.6) is 0 Å². The van der Waals surface area contributed by atoms with E-state index in [1.54, 1.807) is 4.31 Å². The average Bonchev–Trinajstić information content (AvgIpc) is 3.59. The second-order valence-electron chi connectivity index (χ2n) is 10.8. The van der Waals surface area contributed by atoms with Gasteiger partial charge in [0.2, 0.25) is 10.0 Å². The molecule has 3 aliphatic heterocycles. The molecule has 4 aromatic rings. The van der Waals surface area contributed by atoms with Gasteiger partial charge in [-0.2, -0.15) is 9.40 Å². The van der Waals surface area contributed by atoms with Gasteiger partial charge in [0.15, 0.2) is 11.5 Å². The molecule has 0 spiro atoms. The first-order valence-electron chi connectivity index (χ1n) is 13.4. The largest absolute Gasteiger partial charge is 0.378 e. The number of aromatic amines is 1. The Morgan fingerprint density at radius 1 is 1.08 bits per heavy atom. The van der Waals surface area contributed by atoms with Gasteiger partial charge in [0, 0.05) is 56.1 Å². The maximum Gasteiger partial charge on any atom is 0.211 e. The number of H-pyrrole nitrogens is 1. The van der Waals surface area contributed by atoms with Crippen molar-refractivity contribution in [3.63, 3.8) is 0 Å². The van der Waals surface area contributed by atoms with Gasteiger partial charge in [-0.1, -0.05) is 23.8 Å². The predicted molar refractivity (Wildman–Crippen MR) is 148 cm³/mol. The van der Waals surface area contributed by atoms with Crippen LogP contribution in [0.3, 0.4) is 0 Å². The second kappa shape index (κ2) is 9.40. The third-order valence-electron chi connectivity index (χ3n) is 8.08. The number of nitrogens with zero attached hydrogens (tertiary/aromatic N) is 7. The molecule has 2 atom stereocenters. The number of piperazine rings is 1. The maximum atomic E-state index is 12.0. The molecule has 0 amide bonds. The molecule has 3 saturated heterocycles. The summed E-state index contributed by atoms with van der Waals surface area (Å²) in [6.45, 7) is 6.73. The Hall–Kier alpha value is -3.32. The molecule has 1 N–H and O–H groups in total. The number of hydrogen-bond donors (Lipinski definition) is 1.